The molecule has 0 atom stereocenters. The Kier molecular flexibility index (Phi) is 17.7. The van der Waals surface area contributed by atoms with Gasteiger partial charge >= 0.3 is 0 Å². The smallest absolute Gasteiger partial charge is 0.266 e. The highest BCUT2D eigenvalue weighted by Gasteiger charge is 2.02. The summed E-state index contributed by atoms with van der Waals surface area (Å²) in [7, 11) is -3.82. The lowest BCUT2D eigenvalue weighted by Crippen LogP contribution is -2.23. The maximum Gasteiger partial charge on any atom is 0.266 e. The lowest BCUT2D eigenvalue weighted by Gasteiger charge is -2.03. The summed E-state index contributed by atoms with van der Waals surface area (Å²) in [5.74, 6) is -0.199. The normalized spacial score (nSPS) is 12.6. The van der Waals surface area contributed by atoms with Crippen LogP contribution in [0.2, 0.25) is 0 Å². The van der Waals surface area contributed by atoms with E-state index in [4.69, 9.17) is 4.55 Å². The average Bonchev–Trinajstić information content (AvgIpc) is 2.56. The Morgan fingerprint density at radius 1 is 0.760 bits per heavy atom. The molecule has 0 fully saturated rings. The van der Waals surface area contributed by atoms with E-state index in [-0.39, 0.29) is 5.75 Å². The summed E-state index contributed by atoms with van der Waals surface area (Å²) in [4.78, 5) is 0. The fraction of sp³-hybridized carbons (Fsp3) is 0.800. The molecule has 0 unspecified atom stereocenters. The molecule has 0 amide bonds. The van der Waals surface area contributed by atoms with Crippen molar-refractivity contribution in [2.75, 3.05) is 18.8 Å². The van der Waals surface area contributed by atoms with Gasteiger partial charge < -0.3 is 5.32 Å². The molecule has 2 N–H and O–H groups in total. The van der Waals surface area contributed by atoms with Crippen molar-refractivity contribution >= 4 is 10.1 Å². The predicted octanol–water partition coefficient (Wildman–Crippen LogP) is 5.28. The summed E-state index contributed by atoms with van der Waals surface area (Å²) < 4.78 is 29.6. The van der Waals surface area contributed by atoms with E-state index in [0.29, 0.717) is 6.54 Å². The van der Waals surface area contributed by atoms with Crippen LogP contribution in [0.3, 0.4) is 0 Å². The summed E-state index contributed by atoms with van der Waals surface area (Å²) in [6, 6.07) is 0. The molecule has 0 aliphatic carbocycles. The molecule has 0 heterocycles. The molecule has 0 rings (SSSR count). The van der Waals surface area contributed by atoms with Gasteiger partial charge in [-0.15, -0.1) is 0 Å². The van der Waals surface area contributed by atoms with Crippen LogP contribution in [-0.4, -0.2) is 31.8 Å². The highest BCUT2D eigenvalue weighted by molar-refractivity contribution is 7.85. The van der Waals surface area contributed by atoms with Crippen LogP contribution in [0.4, 0.5) is 0 Å². The van der Waals surface area contributed by atoms with Crippen molar-refractivity contribution < 1.29 is 13.0 Å². The minimum Gasteiger partial charge on any atom is -0.316 e. The third-order valence-corrected chi connectivity index (χ3v) is 4.81. The fourth-order valence-corrected chi connectivity index (χ4v) is 2.97. The minimum absolute atomic E-state index is 0.199. The fourth-order valence-electron chi connectivity index (χ4n) is 2.56. The van der Waals surface area contributed by atoms with Crippen molar-refractivity contribution in [3.63, 3.8) is 0 Å². The summed E-state index contributed by atoms with van der Waals surface area (Å²) in [6.07, 6.45) is 23.9. The molecule has 0 aliphatic rings. The number of nitrogens with one attached hydrogen (secondary N) is 1. The van der Waals surface area contributed by atoms with Crippen molar-refractivity contribution in [1.29, 1.82) is 0 Å². The molecule has 148 valence electrons. The summed E-state index contributed by atoms with van der Waals surface area (Å²) in [5.41, 5.74) is 0. The van der Waals surface area contributed by atoms with Crippen LogP contribution in [0.5, 0.6) is 0 Å². The lowest BCUT2D eigenvalue weighted by atomic mass is 10.1. The van der Waals surface area contributed by atoms with Gasteiger partial charge in [0.2, 0.25) is 0 Å². The third kappa shape index (κ3) is 23.4. The van der Waals surface area contributed by atoms with Gasteiger partial charge in [-0.3, -0.25) is 4.55 Å². The molecule has 0 aliphatic heterocycles. The van der Waals surface area contributed by atoms with Crippen LogP contribution >= 0.6 is 0 Å². The van der Waals surface area contributed by atoms with Gasteiger partial charge in [0.15, 0.2) is 0 Å². The molecule has 0 aromatic carbocycles. The molecule has 0 spiro atoms. The van der Waals surface area contributed by atoms with Crippen molar-refractivity contribution in [1.82, 2.24) is 5.32 Å². The Bertz CT molecular complexity index is 430. The van der Waals surface area contributed by atoms with E-state index in [1.54, 1.807) is 0 Å². The Balaban J connectivity index is 3.19. The predicted molar refractivity (Wildman–Crippen MR) is 109 cm³/mol. The lowest BCUT2D eigenvalue weighted by molar-refractivity contribution is 0.479. The van der Waals surface area contributed by atoms with Crippen LogP contribution in [0.25, 0.3) is 0 Å². The first-order valence-corrected chi connectivity index (χ1v) is 11.6. The standard InChI is InChI=1S/C20H39NO3S/c1-2-3-4-5-6-7-8-9-10-11-12-13-14-15-16-17-18-21-19-20-25(22,23)24/h6-7,9-10,21H,2-5,8,11-20H2,1H3,(H,22,23,24). The largest absolute Gasteiger partial charge is 0.316 e. The van der Waals surface area contributed by atoms with Crippen LogP contribution in [0.15, 0.2) is 24.3 Å². The summed E-state index contributed by atoms with van der Waals surface area (Å²) in [6.45, 7) is 3.39. The first kappa shape index (κ1) is 24.4. The van der Waals surface area contributed by atoms with Gasteiger partial charge in [0, 0.05) is 6.54 Å². The molecule has 0 aromatic heterocycles. The van der Waals surface area contributed by atoms with E-state index in [1.165, 1.54) is 64.2 Å². The van der Waals surface area contributed by atoms with E-state index < -0.39 is 10.1 Å². The number of unbranched alkanes of at least 4 members (excludes halogenated alkanes) is 9. The maximum absolute atomic E-state index is 10.5. The number of rotatable bonds is 18. The molecule has 5 heteroatoms. The van der Waals surface area contributed by atoms with E-state index in [1.807, 2.05) is 0 Å². The Morgan fingerprint density at radius 3 is 1.92 bits per heavy atom. The first-order chi connectivity index (χ1) is 12.1. The second-order valence-electron chi connectivity index (χ2n) is 6.62. The van der Waals surface area contributed by atoms with Gasteiger partial charge in [0.05, 0.1) is 5.75 Å². The quantitative estimate of drug-likeness (QED) is 0.195. The molecule has 0 radical (unpaired) electrons. The molecule has 4 nitrogen and oxygen atoms in total. The number of hydrogen-bond acceptors (Lipinski definition) is 3. The van der Waals surface area contributed by atoms with Crippen molar-refractivity contribution in [2.45, 2.75) is 84.0 Å². The van der Waals surface area contributed by atoms with Crippen molar-refractivity contribution in [3.05, 3.63) is 24.3 Å². The van der Waals surface area contributed by atoms with Gasteiger partial charge in [0.25, 0.3) is 10.1 Å². The van der Waals surface area contributed by atoms with Crippen molar-refractivity contribution in [2.24, 2.45) is 0 Å². The van der Waals surface area contributed by atoms with E-state index in [0.717, 1.165) is 19.4 Å². The zero-order valence-corrected chi connectivity index (χ0v) is 16.9. The third-order valence-electron chi connectivity index (χ3n) is 4.09. The summed E-state index contributed by atoms with van der Waals surface area (Å²) in [5, 5.41) is 3.04. The van der Waals surface area contributed by atoms with Gasteiger partial charge in [-0.1, -0.05) is 69.8 Å². The highest BCUT2D eigenvalue weighted by Crippen LogP contribution is 2.07. The Hall–Kier alpha value is -0.650. The zero-order chi connectivity index (χ0) is 18.6. The second kappa shape index (κ2) is 18.2. The van der Waals surface area contributed by atoms with E-state index >= 15 is 0 Å². The zero-order valence-electron chi connectivity index (χ0n) is 16.1. The first-order valence-electron chi connectivity index (χ1n) is 10.0. The minimum atomic E-state index is -3.82. The van der Waals surface area contributed by atoms with Gasteiger partial charge in [-0.25, -0.2) is 0 Å². The van der Waals surface area contributed by atoms with Gasteiger partial charge in [-0.2, -0.15) is 8.42 Å². The van der Waals surface area contributed by atoms with Crippen LogP contribution in [0, 0.1) is 0 Å². The monoisotopic (exact) mass is 373 g/mol. The molecule has 0 saturated heterocycles. The van der Waals surface area contributed by atoms with Gasteiger partial charge in [0.1, 0.15) is 0 Å². The Labute approximate surface area is 155 Å². The maximum atomic E-state index is 10.5. The molecule has 0 aromatic rings. The molecular formula is C20H39NO3S. The van der Waals surface area contributed by atoms with Crippen LogP contribution in [-0.2, 0) is 10.1 Å². The second-order valence-corrected chi connectivity index (χ2v) is 8.19. The molecule has 0 saturated carbocycles. The van der Waals surface area contributed by atoms with Crippen LogP contribution in [0.1, 0.15) is 84.0 Å². The number of hydrogen-bond donors (Lipinski definition) is 2. The Morgan fingerprint density at radius 2 is 1.32 bits per heavy atom. The number of allylic oxidation sites excluding steroid dienone is 4. The van der Waals surface area contributed by atoms with E-state index in [2.05, 4.69) is 36.5 Å². The van der Waals surface area contributed by atoms with Crippen molar-refractivity contribution in [3.8, 4) is 0 Å². The average molecular weight is 374 g/mol. The topological polar surface area (TPSA) is 66.4 Å². The summed E-state index contributed by atoms with van der Waals surface area (Å²) >= 11 is 0. The SMILES string of the molecule is CCCCCC=CCC=CCCCCCCCCNCCS(=O)(=O)O. The molecule has 25 heavy (non-hydrogen) atoms. The van der Waals surface area contributed by atoms with Gasteiger partial charge in [-0.05, 0) is 45.1 Å². The van der Waals surface area contributed by atoms with Crippen LogP contribution < -0.4 is 5.32 Å². The molecule has 0 bridgehead atoms. The highest BCUT2D eigenvalue weighted by atomic mass is 32.2. The van der Waals surface area contributed by atoms with E-state index in [9.17, 15) is 8.42 Å². The molecular weight excluding hydrogens is 334 g/mol.